The fraction of sp³-hybridized carbons (Fsp3) is 0.0667. The third-order valence-electron chi connectivity index (χ3n) is 2.54. The Bertz CT molecular complexity index is 661. The Morgan fingerprint density at radius 3 is 2.57 bits per heavy atom. The highest BCUT2D eigenvalue weighted by atomic mass is 35.5. The number of para-hydroxylation sites is 1. The number of hydrogen-bond donors (Lipinski definition) is 1. The Balaban J connectivity index is 1.92. The van der Waals surface area contributed by atoms with Crippen molar-refractivity contribution in [2.75, 3.05) is 11.9 Å². The Hall–Kier alpha value is -2.40. The summed E-state index contributed by atoms with van der Waals surface area (Å²) in [6, 6.07) is 12.2. The molecule has 6 heteroatoms. The van der Waals surface area contributed by atoms with E-state index in [1.165, 1.54) is 6.07 Å². The van der Waals surface area contributed by atoms with Gasteiger partial charge in [-0.3, -0.25) is 4.79 Å². The molecule has 2 aromatic rings. The lowest BCUT2D eigenvalue weighted by Crippen LogP contribution is -2.21. The Morgan fingerprint density at radius 2 is 1.86 bits per heavy atom. The van der Waals surface area contributed by atoms with Gasteiger partial charge in [0, 0.05) is 10.7 Å². The number of carbonyl (C=O) groups is 2. The van der Waals surface area contributed by atoms with Gasteiger partial charge in [-0.15, -0.1) is 0 Å². The van der Waals surface area contributed by atoms with Crippen LogP contribution in [0.1, 0.15) is 10.4 Å². The van der Waals surface area contributed by atoms with Crippen LogP contribution in [0.3, 0.4) is 0 Å². The standard InChI is InChI=1S/C15H11ClFNO3/c16-10-6-7-13(17)12(8-10)15(20)21-9-14(19)18-11-4-2-1-3-5-11/h1-8H,9H2,(H,18,19). The van der Waals surface area contributed by atoms with E-state index in [0.717, 1.165) is 12.1 Å². The zero-order valence-corrected chi connectivity index (χ0v) is 11.6. The molecule has 1 amide bonds. The van der Waals surface area contributed by atoms with E-state index in [0.29, 0.717) is 5.69 Å². The summed E-state index contributed by atoms with van der Waals surface area (Å²) in [6.07, 6.45) is 0. The lowest BCUT2D eigenvalue weighted by molar-refractivity contribution is -0.119. The molecular formula is C15H11ClFNO3. The molecule has 0 unspecified atom stereocenters. The molecule has 0 radical (unpaired) electrons. The van der Waals surface area contributed by atoms with Crippen molar-refractivity contribution in [1.82, 2.24) is 0 Å². The molecule has 1 N–H and O–H groups in total. The lowest BCUT2D eigenvalue weighted by atomic mass is 10.2. The molecule has 0 aromatic heterocycles. The summed E-state index contributed by atoms with van der Waals surface area (Å²) >= 11 is 5.68. The largest absolute Gasteiger partial charge is 0.452 e. The first kappa shape index (κ1) is 15.0. The predicted molar refractivity (Wildman–Crippen MR) is 76.8 cm³/mol. The molecule has 0 saturated carbocycles. The van der Waals surface area contributed by atoms with E-state index in [-0.39, 0.29) is 10.6 Å². The molecule has 0 heterocycles. The van der Waals surface area contributed by atoms with Gasteiger partial charge in [0.2, 0.25) is 0 Å². The van der Waals surface area contributed by atoms with Gasteiger partial charge in [0.1, 0.15) is 5.82 Å². The monoisotopic (exact) mass is 307 g/mol. The smallest absolute Gasteiger partial charge is 0.341 e. The molecule has 2 rings (SSSR count). The predicted octanol–water partition coefficient (Wildman–Crippen LogP) is 3.27. The molecule has 2 aromatic carbocycles. The van der Waals surface area contributed by atoms with Gasteiger partial charge in [-0.2, -0.15) is 0 Å². The fourth-order valence-electron chi connectivity index (χ4n) is 1.58. The van der Waals surface area contributed by atoms with Crippen molar-refractivity contribution < 1.29 is 18.7 Å². The summed E-state index contributed by atoms with van der Waals surface area (Å²) in [5.74, 6) is -2.22. The Kier molecular flexibility index (Phi) is 4.90. The minimum Gasteiger partial charge on any atom is -0.452 e. The molecule has 0 fully saturated rings. The second-order valence-electron chi connectivity index (χ2n) is 4.11. The van der Waals surface area contributed by atoms with Gasteiger partial charge in [-0.1, -0.05) is 29.8 Å². The van der Waals surface area contributed by atoms with Crippen LogP contribution in [0.2, 0.25) is 5.02 Å². The molecule has 0 atom stereocenters. The van der Waals surface area contributed by atoms with E-state index in [2.05, 4.69) is 5.32 Å². The Labute approximate surface area is 125 Å². The maximum Gasteiger partial charge on any atom is 0.341 e. The van der Waals surface area contributed by atoms with Crippen molar-refractivity contribution in [2.24, 2.45) is 0 Å². The third kappa shape index (κ3) is 4.29. The van der Waals surface area contributed by atoms with E-state index in [1.54, 1.807) is 30.3 Å². The van der Waals surface area contributed by atoms with Crippen LogP contribution in [-0.4, -0.2) is 18.5 Å². The molecule has 0 aliphatic heterocycles. The first-order chi connectivity index (χ1) is 10.1. The molecule has 0 aliphatic carbocycles. The molecular weight excluding hydrogens is 297 g/mol. The van der Waals surface area contributed by atoms with E-state index < -0.39 is 24.3 Å². The molecule has 0 saturated heterocycles. The van der Waals surface area contributed by atoms with Gasteiger partial charge in [0.25, 0.3) is 5.91 Å². The van der Waals surface area contributed by atoms with Crippen molar-refractivity contribution in [1.29, 1.82) is 0 Å². The van der Waals surface area contributed by atoms with Crippen LogP contribution in [0.25, 0.3) is 0 Å². The number of benzene rings is 2. The second kappa shape index (κ2) is 6.85. The van der Waals surface area contributed by atoms with Crippen molar-refractivity contribution in [3.05, 3.63) is 64.9 Å². The third-order valence-corrected chi connectivity index (χ3v) is 2.78. The van der Waals surface area contributed by atoms with Crippen LogP contribution in [0.15, 0.2) is 48.5 Å². The van der Waals surface area contributed by atoms with Gasteiger partial charge >= 0.3 is 5.97 Å². The number of hydrogen-bond acceptors (Lipinski definition) is 3. The number of carbonyl (C=O) groups excluding carboxylic acids is 2. The number of rotatable bonds is 4. The van der Waals surface area contributed by atoms with Crippen molar-refractivity contribution in [3.63, 3.8) is 0 Å². The van der Waals surface area contributed by atoms with Gasteiger partial charge in [0.05, 0.1) is 5.56 Å². The second-order valence-corrected chi connectivity index (χ2v) is 4.55. The molecule has 0 spiro atoms. The number of anilines is 1. The van der Waals surface area contributed by atoms with Crippen LogP contribution in [0, 0.1) is 5.82 Å². The van der Waals surface area contributed by atoms with Crippen LogP contribution in [0.4, 0.5) is 10.1 Å². The highest BCUT2D eigenvalue weighted by molar-refractivity contribution is 6.30. The summed E-state index contributed by atoms with van der Waals surface area (Å²) in [7, 11) is 0. The highest BCUT2D eigenvalue weighted by Crippen LogP contribution is 2.15. The van der Waals surface area contributed by atoms with E-state index in [9.17, 15) is 14.0 Å². The maximum atomic E-state index is 13.4. The van der Waals surface area contributed by atoms with Gasteiger partial charge < -0.3 is 10.1 Å². The number of halogens is 2. The van der Waals surface area contributed by atoms with Gasteiger partial charge in [0.15, 0.2) is 6.61 Å². The van der Waals surface area contributed by atoms with Crippen molar-refractivity contribution in [2.45, 2.75) is 0 Å². The van der Waals surface area contributed by atoms with E-state index >= 15 is 0 Å². The Morgan fingerprint density at radius 1 is 1.14 bits per heavy atom. The summed E-state index contributed by atoms with van der Waals surface area (Å²) in [5.41, 5.74) is 0.266. The molecule has 108 valence electrons. The van der Waals surface area contributed by atoms with Gasteiger partial charge in [-0.05, 0) is 30.3 Å². The zero-order chi connectivity index (χ0) is 15.2. The van der Waals surface area contributed by atoms with Crippen LogP contribution in [-0.2, 0) is 9.53 Å². The average Bonchev–Trinajstić information content (AvgIpc) is 2.48. The normalized spacial score (nSPS) is 10.0. The molecule has 21 heavy (non-hydrogen) atoms. The average molecular weight is 308 g/mol. The highest BCUT2D eigenvalue weighted by Gasteiger charge is 2.15. The number of amides is 1. The van der Waals surface area contributed by atoms with Gasteiger partial charge in [-0.25, -0.2) is 9.18 Å². The van der Waals surface area contributed by atoms with Crippen molar-refractivity contribution >= 4 is 29.2 Å². The first-order valence-electron chi connectivity index (χ1n) is 6.03. The van der Waals surface area contributed by atoms with Crippen LogP contribution in [0.5, 0.6) is 0 Å². The maximum absolute atomic E-state index is 13.4. The van der Waals surface area contributed by atoms with Crippen LogP contribution >= 0.6 is 11.6 Å². The summed E-state index contributed by atoms with van der Waals surface area (Å²) in [5, 5.41) is 2.74. The summed E-state index contributed by atoms with van der Waals surface area (Å²) < 4.78 is 18.2. The number of esters is 1. The number of ether oxygens (including phenoxy) is 1. The molecule has 0 bridgehead atoms. The van der Waals surface area contributed by atoms with E-state index in [1.807, 2.05) is 0 Å². The quantitative estimate of drug-likeness (QED) is 0.882. The molecule has 4 nitrogen and oxygen atoms in total. The zero-order valence-electron chi connectivity index (χ0n) is 10.8. The fourth-order valence-corrected chi connectivity index (χ4v) is 1.75. The van der Waals surface area contributed by atoms with Crippen molar-refractivity contribution in [3.8, 4) is 0 Å². The van der Waals surface area contributed by atoms with Crippen LogP contribution < -0.4 is 5.32 Å². The summed E-state index contributed by atoms with van der Waals surface area (Å²) in [6.45, 7) is -0.514. The summed E-state index contributed by atoms with van der Waals surface area (Å²) in [4.78, 5) is 23.3. The first-order valence-corrected chi connectivity index (χ1v) is 6.41. The van der Waals surface area contributed by atoms with E-state index in [4.69, 9.17) is 16.3 Å². The minimum absolute atomic E-state index is 0.206. The SMILES string of the molecule is O=C(COC(=O)c1cc(Cl)ccc1F)Nc1ccccc1. The minimum atomic E-state index is -0.946. The topological polar surface area (TPSA) is 55.4 Å². The molecule has 0 aliphatic rings. The lowest BCUT2D eigenvalue weighted by Gasteiger charge is -2.07. The number of nitrogens with one attached hydrogen (secondary N) is 1.